The van der Waals surface area contributed by atoms with Crippen molar-refractivity contribution in [3.63, 3.8) is 0 Å². The molecule has 3 heteroatoms. The minimum absolute atomic E-state index is 0.281. The number of hydrogen-bond acceptors (Lipinski definition) is 2. The summed E-state index contributed by atoms with van der Waals surface area (Å²) in [4.78, 5) is 14.5. The van der Waals surface area contributed by atoms with Crippen LogP contribution >= 0.6 is 0 Å². The molecule has 1 saturated heterocycles. The summed E-state index contributed by atoms with van der Waals surface area (Å²) >= 11 is 0. The molecule has 1 aliphatic carbocycles. The molecule has 2 fully saturated rings. The minimum Gasteiger partial charge on any atom is -0.353 e. The quantitative estimate of drug-likeness (QED) is 0.780. The van der Waals surface area contributed by atoms with Crippen LogP contribution in [0.5, 0.6) is 0 Å². The van der Waals surface area contributed by atoms with E-state index in [0.717, 1.165) is 6.42 Å². The predicted octanol–water partition coefficient (Wildman–Crippen LogP) is 3.44. The van der Waals surface area contributed by atoms with Crippen LogP contribution in [0, 0.1) is 17.3 Å². The van der Waals surface area contributed by atoms with Crippen LogP contribution in [0.3, 0.4) is 0 Å². The molecule has 4 atom stereocenters. The van der Waals surface area contributed by atoms with Crippen molar-refractivity contribution >= 4 is 5.91 Å². The standard InChI is InChI=1S/C18H34N2O/c1-5-10-20(11-6-2)12-9-18(4)8-7-14(3)17-15(18)13-16(21)19-17/h14-15,17H,5-13H2,1-4H3,(H,19,21). The van der Waals surface area contributed by atoms with Gasteiger partial charge in [-0.2, -0.15) is 0 Å². The van der Waals surface area contributed by atoms with E-state index in [4.69, 9.17) is 0 Å². The molecular formula is C18H34N2O. The maximum absolute atomic E-state index is 11.9. The first-order valence-electron chi connectivity index (χ1n) is 9.02. The number of nitrogens with one attached hydrogen (secondary N) is 1. The van der Waals surface area contributed by atoms with Crippen LogP contribution in [0.25, 0.3) is 0 Å². The van der Waals surface area contributed by atoms with Crippen molar-refractivity contribution in [2.45, 2.75) is 72.3 Å². The smallest absolute Gasteiger partial charge is 0.220 e. The fraction of sp³-hybridized carbons (Fsp3) is 0.944. The molecule has 1 heterocycles. The molecule has 0 bridgehead atoms. The minimum atomic E-state index is 0.281. The molecule has 21 heavy (non-hydrogen) atoms. The van der Waals surface area contributed by atoms with Gasteiger partial charge in [-0.25, -0.2) is 0 Å². The molecule has 0 aromatic carbocycles. The topological polar surface area (TPSA) is 32.3 Å². The molecule has 0 aromatic heterocycles. The number of nitrogens with zero attached hydrogens (tertiary/aromatic N) is 1. The molecule has 4 unspecified atom stereocenters. The van der Waals surface area contributed by atoms with Crippen molar-refractivity contribution in [2.24, 2.45) is 17.3 Å². The van der Waals surface area contributed by atoms with Gasteiger partial charge in [-0.1, -0.05) is 27.7 Å². The first kappa shape index (κ1) is 16.8. The van der Waals surface area contributed by atoms with Crippen molar-refractivity contribution in [2.75, 3.05) is 19.6 Å². The number of amides is 1. The lowest BCUT2D eigenvalue weighted by Crippen LogP contribution is -2.47. The average Bonchev–Trinajstić information content (AvgIpc) is 2.85. The van der Waals surface area contributed by atoms with Crippen LogP contribution in [0.1, 0.15) is 66.2 Å². The van der Waals surface area contributed by atoms with E-state index < -0.39 is 0 Å². The van der Waals surface area contributed by atoms with Gasteiger partial charge in [-0.3, -0.25) is 4.79 Å². The lowest BCUT2D eigenvalue weighted by atomic mass is 9.61. The Bertz CT molecular complexity index is 351. The summed E-state index contributed by atoms with van der Waals surface area (Å²) in [6.07, 6.45) is 7.03. The average molecular weight is 294 g/mol. The van der Waals surface area contributed by atoms with E-state index in [9.17, 15) is 4.79 Å². The van der Waals surface area contributed by atoms with Crippen molar-refractivity contribution in [1.29, 1.82) is 0 Å². The Morgan fingerprint density at radius 1 is 1.24 bits per heavy atom. The van der Waals surface area contributed by atoms with Gasteiger partial charge in [-0.05, 0) is 69.0 Å². The van der Waals surface area contributed by atoms with Crippen LogP contribution in [0.15, 0.2) is 0 Å². The Morgan fingerprint density at radius 3 is 2.52 bits per heavy atom. The SMILES string of the molecule is CCCN(CCC)CCC1(C)CCC(C)C2NC(=O)CC21. The molecular weight excluding hydrogens is 260 g/mol. The highest BCUT2D eigenvalue weighted by atomic mass is 16.2. The van der Waals surface area contributed by atoms with Crippen molar-refractivity contribution in [3.8, 4) is 0 Å². The van der Waals surface area contributed by atoms with Crippen molar-refractivity contribution in [3.05, 3.63) is 0 Å². The Balaban J connectivity index is 1.98. The summed E-state index contributed by atoms with van der Waals surface area (Å²) in [5.74, 6) is 1.49. The molecule has 1 saturated carbocycles. The van der Waals surface area contributed by atoms with Gasteiger partial charge in [0, 0.05) is 12.5 Å². The summed E-state index contributed by atoms with van der Waals surface area (Å²) < 4.78 is 0. The monoisotopic (exact) mass is 294 g/mol. The highest BCUT2D eigenvalue weighted by Crippen LogP contribution is 2.49. The summed E-state index contributed by atoms with van der Waals surface area (Å²) in [5, 5.41) is 3.25. The van der Waals surface area contributed by atoms with Gasteiger partial charge in [0.1, 0.15) is 0 Å². The molecule has 2 rings (SSSR count). The van der Waals surface area contributed by atoms with E-state index in [0.29, 0.717) is 23.3 Å². The van der Waals surface area contributed by atoms with Crippen LogP contribution in [0.4, 0.5) is 0 Å². The van der Waals surface area contributed by atoms with Crippen LogP contribution in [-0.2, 0) is 4.79 Å². The fourth-order valence-corrected chi connectivity index (χ4v) is 4.50. The third kappa shape index (κ3) is 3.80. The van der Waals surface area contributed by atoms with Gasteiger partial charge in [0.05, 0.1) is 0 Å². The highest BCUT2D eigenvalue weighted by molar-refractivity contribution is 5.79. The Kier molecular flexibility index (Phi) is 5.70. The fourth-order valence-electron chi connectivity index (χ4n) is 4.50. The number of hydrogen-bond donors (Lipinski definition) is 1. The highest BCUT2D eigenvalue weighted by Gasteiger charge is 2.49. The van der Waals surface area contributed by atoms with Gasteiger partial charge >= 0.3 is 0 Å². The van der Waals surface area contributed by atoms with Gasteiger partial charge in [0.2, 0.25) is 5.91 Å². The zero-order valence-electron chi connectivity index (χ0n) is 14.5. The number of fused-ring (bicyclic) bond motifs is 1. The maximum Gasteiger partial charge on any atom is 0.220 e. The van der Waals surface area contributed by atoms with E-state index in [1.165, 1.54) is 51.7 Å². The second-order valence-corrected chi connectivity index (χ2v) is 7.67. The molecule has 1 aliphatic heterocycles. The summed E-state index contributed by atoms with van der Waals surface area (Å²) in [7, 11) is 0. The normalized spacial score (nSPS) is 35.9. The first-order valence-corrected chi connectivity index (χ1v) is 9.02. The number of rotatable bonds is 7. The molecule has 3 nitrogen and oxygen atoms in total. The van der Waals surface area contributed by atoms with Gasteiger partial charge in [0.25, 0.3) is 0 Å². The van der Waals surface area contributed by atoms with Crippen molar-refractivity contribution in [1.82, 2.24) is 10.2 Å². The third-order valence-electron chi connectivity index (χ3n) is 5.92. The lowest BCUT2D eigenvalue weighted by Gasteiger charge is -2.46. The molecule has 0 spiro atoms. The largest absolute Gasteiger partial charge is 0.353 e. The van der Waals surface area contributed by atoms with Crippen LogP contribution in [-0.4, -0.2) is 36.5 Å². The predicted molar refractivity (Wildman–Crippen MR) is 88.2 cm³/mol. The molecule has 122 valence electrons. The number of carbonyl (C=O) groups excluding carboxylic acids is 1. The van der Waals surface area contributed by atoms with E-state index in [1.54, 1.807) is 0 Å². The van der Waals surface area contributed by atoms with E-state index in [-0.39, 0.29) is 5.91 Å². The second kappa shape index (κ2) is 7.13. The van der Waals surface area contributed by atoms with E-state index in [2.05, 4.69) is 37.9 Å². The molecule has 0 radical (unpaired) electrons. The first-order chi connectivity index (χ1) is 10.00. The second-order valence-electron chi connectivity index (χ2n) is 7.67. The van der Waals surface area contributed by atoms with Gasteiger partial charge < -0.3 is 10.2 Å². The van der Waals surface area contributed by atoms with Crippen LogP contribution < -0.4 is 5.32 Å². The van der Waals surface area contributed by atoms with Crippen LogP contribution in [0.2, 0.25) is 0 Å². The maximum atomic E-state index is 11.9. The Hall–Kier alpha value is -0.570. The Morgan fingerprint density at radius 2 is 1.90 bits per heavy atom. The van der Waals surface area contributed by atoms with Crippen molar-refractivity contribution < 1.29 is 4.79 Å². The Labute approximate surface area is 130 Å². The summed E-state index contributed by atoms with van der Waals surface area (Å²) in [6, 6.07) is 0.432. The van der Waals surface area contributed by atoms with Gasteiger partial charge in [-0.15, -0.1) is 0 Å². The molecule has 1 amide bonds. The summed E-state index contributed by atoms with van der Waals surface area (Å²) in [5.41, 5.74) is 0.343. The summed E-state index contributed by atoms with van der Waals surface area (Å²) in [6.45, 7) is 12.9. The zero-order chi connectivity index (χ0) is 15.5. The molecule has 1 N–H and O–H groups in total. The van der Waals surface area contributed by atoms with Gasteiger partial charge in [0.15, 0.2) is 0 Å². The third-order valence-corrected chi connectivity index (χ3v) is 5.92. The van der Waals surface area contributed by atoms with E-state index >= 15 is 0 Å². The molecule has 2 aliphatic rings. The molecule has 0 aromatic rings. The zero-order valence-corrected chi connectivity index (χ0v) is 14.5. The van der Waals surface area contributed by atoms with E-state index in [1.807, 2.05) is 0 Å². The number of carbonyl (C=O) groups is 1. The lowest BCUT2D eigenvalue weighted by molar-refractivity contribution is -0.119.